The Morgan fingerprint density at radius 2 is 1.86 bits per heavy atom. The molecule has 0 radical (unpaired) electrons. The number of carbonyl (C=O) groups excluding carboxylic acids is 1. The van der Waals surface area contributed by atoms with Gasteiger partial charge in [0.2, 0.25) is 0 Å². The van der Waals surface area contributed by atoms with E-state index in [9.17, 15) is 9.59 Å². The quantitative estimate of drug-likeness (QED) is 0.798. The molecule has 0 saturated heterocycles. The Labute approximate surface area is 127 Å². The molecular weight excluding hydrogens is 290 g/mol. The highest BCUT2D eigenvalue weighted by molar-refractivity contribution is 6.67. The first-order chi connectivity index (χ1) is 10.0. The van der Waals surface area contributed by atoms with E-state index in [1.807, 2.05) is 31.2 Å². The van der Waals surface area contributed by atoms with E-state index < -0.39 is 10.8 Å². The normalized spacial score (nSPS) is 10.6. The van der Waals surface area contributed by atoms with Gasteiger partial charge in [0.05, 0.1) is 17.9 Å². The van der Waals surface area contributed by atoms with E-state index in [4.69, 9.17) is 16.3 Å². The minimum atomic E-state index is -0.748. The van der Waals surface area contributed by atoms with Crippen LogP contribution >= 0.6 is 11.6 Å². The largest absolute Gasteiger partial charge is 0.383 e. The number of hydrogen-bond donors (Lipinski definition) is 0. The second kappa shape index (κ2) is 6.70. The lowest BCUT2D eigenvalue weighted by Gasteiger charge is -2.14. The summed E-state index contributed by atoms with van der Waals surface area (Å²) in [6.07, 6.45) is 0. The number of carbonyl (C=O) groups is 1. The summed E-state index contributed by atoms with van der Waals surface area (Å²) in [5.74, 6) is 0. The first-order valence-corrected chi connectivity index (χ1v) is 6.92. The highest BCUT2D eigenvalue weighted by Gasteiger charge is 2.14. The maximum Gasteiger partial charge on any atom is 0.263 e. The fraction of sp³-hybridized carbons (Fsp3) is 0.250. The van der Waals surface area contributed by atoms with Gasteiger partial charge < -0.3 is 9.30 Å². The van der Waals surface area contributed by atoms with E-state index >= 15 is 0 Å². The summed E-state index contributed by atoms with van der Waals surface area (Å²) < 4.78 is 6.55. The Morgan fingerprint density at radius 1 is 1.19 bits per heavy atom. The maximum absolute atomic E-state index is 12.4. The molecule has 1 heterocycles. The van der Waals surface area contributed by atoms with Gasteiger partial charge in [0.15, 0.2) is 0 Å². The third-order valence-electron chi connectivity index (χ3n) is 3.25. The molecule has 0 unspecified atom stereocenters. The second-order valence-electron chi connectivity index (χ2n) is 4.72. The van der Waals surface area contributed by atoms with E-state index in [1.54, 1.807) is 13.2 Å². The molecule has 0 N–H and O–H groups in total. The van der Waals surface area contributed by atoms with Crippen molar-refractivity contribution in [2.45, 2.75) is 13.5 Å². The molecule has 0 spiro atoms. The summed E-state index contributed by atoms with van der Waals surface area (Å²) in [4.78, 5) is 23.7. The van der Waals surface area contributed by atoms with Gasteiger partial charge in [-0.15, -0.1) is 0 Å². The van der Waals surface area contributed by atoms with Crippen molar-refractivity contribution in [2.75, 3.05) is 13.7 Å². The van der Waals surface area contributed by atoms with E-state index in [0.29, 0.717) is 13.2 Å². The molecule has 1 aromatic carbocycles. The fourth-order valence-electron chi connectivity index (χ4n) is 2.11. The van der Waals surface area contributed by atoms with Crippen LogP contribution in [0.2, 0.25) is 0 Å². The van der Waals surface area contributed by atoms with Gasteiger partial charge in [-0.1, -0.05) is 29.8 Å². The molecule has 2 aromatic rings. The van der Waals surface area contributed by atoms with Crippen LogP contribution in [0.4, 0.5) is 0 Å². The van der Waals surface area contributed by atoms with Gasteiger partial charge in [-0.05, 0) is 36.2 Å². The van der Waals surface area contributed by atoms with E-state index in [-0.39, 0.29) is 5.56 Å². The molecule has 5 heteroatoms. The Hall–Kier alpha value is -1.91. The van der Waals surface area contributed by atoms with Crippen LogP contribution in [0.15, 0.2) is 41.2 Å². The van der Waals surface area contributed by atoms with E-state index in [0.717, 1.165) is 16.8 Å². The molecule has 0 atom stereocenters. The van der Waals surface area contributed by atoms with Crippen molar-refractivity contribution >= 4 is 16.8 Å². The summed E-state index contributed by atoms with van der Waals surface area (Å²) in [6, 6.07) is 11.0. The van der Waals surface area contributed by atoms with Crippen LogP contribution in [0.5, 0.6) is 0 Å². The first kappa shape index (κ1) is 15.5. The van der Waals surface area contributed by atoms with Gasteiger partial charge in [0, 0.05) is 13.7 Å². The molecule has 0 aliphatic heterocycles. The van der Waals surface area contributed by atoms with E-state index in [2.05, 4.69) is 0 Å². The van der Waals surface area contributed by atoms with Crippen LogP contribution in [0, 0.1) is 6.92 Å². The van der Waals surface area contributed by atoms with Crippen molar-refractivity contribution in [3.05, 3.63) is 57.9 Å². The molecule has 0 saturated carbocycles. The standard InChI is InChI=1S/C16H16ClNO3/c1-11-3-5-12(6-4-11)14-8-7-13(15(17)19)16(20)18(14)9-10-21-2/h3-8H,9-10H2,1-2H3. The third kappa shape index (κ3) is 3.40. The van der Waals surface area contributed by atoms with Crippen molar-refractivity contribution in [3.63, 3.8) is 0 Å². The van der Waals surface area contributed by atoms with Crippen LogP contribution in [-0.2, 0) is 11.3 Å². The molecule has 1 aromatic heterocycles. The van der Waals surface area contributed by atoms with Crippen molar-refractivity contribution in [1.82, 2.24) is 4.57 Å². The Bertz CT molecular complexity index is 704. The lowest BCUT2D eigenvalue weighted by atomic mass is 10.1. The fourth-order valence-corrected chi connectivity index (χ4v) is 2.25. The lowest BCUT2D eigenvalue weighted by Crippen LogP contribution is -2.27. The van der Waals surface area contributed by atoms with Gasteiger partial charge >= 0.3 is 0 Å². The minimum absolute atomic E-state index is 0.0244. The van der Waals surface area contributed by atoms with Crippen molar-refractivity contribution in [2.24, 2.45) is 0 Å². The van der Waals surface area contributed by atoms with Crippen molar-refractivity contribution in [3.8, 4) is 11.3 Å². The van der Waals surface area contributed by atoms with Crippen LogP contribution < -0.4 is 5.56 Å². The molecular formula is C16H16ClNO3. The predicted molar refractivity (Wildman–Crippen MR) is 82.9 cm³/mol. The predicted octanol–water partition coefficient (Wildman–Crippen LogP) is 2.85. The molecule has 0 fully saturated rings. The van der Waals surface area contributed by atoms with E-state index in [1.165, 1.54) is 10.6 Å². The molecule has 2 rings (SSSR count). The van der Waals surface area contributed by atoms with Crippen LogP contribution in [0.3, 0.4) is 0 Å². The van der Waals surface area contributed by atoms with Crippen LogP contribution in [0.25, 0.3) is 11.3 Å². The summed E-state index contributed by atoms with van der Waals surface area (Å²) in [5.41, 5.74) is 2.35. The van der Waals surface area contributed by atoms with Gasteiger partial charge in [0.1, 0.15) is 0 Å². The monoisotopic (exact) mass is 305 g/mol. The lowest BCUT2D eigenvalue weighted by molar-refractivity contribution is 0.107. The molecule has 0 aliphatic rings. The zero-order valence-corrected chi connectivity index (χ0v) is 12.7. The zero-order chi connectivity index (χ0) is 15.4. The smallest absolute Gasteiger partial charge is 0.263 e. The van der Waals surface area contributed by atoms with Gasteiger partial charge in [0.25, 0.3) is 10.8 Å². The third-order valence-corrected chi connectivity index (χ3v) is 3.46. The number of rotatable bonds is 5. The van der Waals surface area contributed by atoms with Crippen LogP contribution in [0.1, 0.15) is 15.9 Å². The number of aromatic nitrogens is 1. The Balaban J connectivity index is 2.59. The van der Waals surface area contributed by atoms with Crippen LogP contribution in [-0.4, -0.2) is 23.5 Å². The summed E-state index contributed by atoms with van der Waals surface area (Å²) in [5, 5.41) is -0.748. The average Bonchev–Trinajstić information content (AvgIpc) is 2.46. The second-order valence-corrected chi connectivity index (χ2v) is 5.06. The number of hydrogen-bond acceptors (Lipinski definition) is 3. The Morgan fingerprint density at radius 3 is 2.43 bits per heavy atom. The number of nitrogens with zero attached hydrogens (tertiary/aromatic N) is 1. The molecule has 4 nitrogen and oxygen atoms in total. The SMILES string of the molecule is COCCn1c(-c2ccc(C)cc2)ccc(C(=O)Cl)c1=O. The molecule has 110 valence electrons. The highest BCUT2D eigenvalue weighted by Crippen LogP contribution is 2.19. The summed E-state index contributed by atoms with van der Waals surface area (Å²) in [7, 11) is 1.56. The number of ether oxygens (including phenoxy) is 1. The maximum atomic E-state index is 12.4. The molecule has 0 bridgehead atoms. The zero-order valence-electron chi connectivity index (χ0n) is 11.9. The summed E-state index contributed by atoms with van der Waals surface area (Å²) in [6.45, 7) is 2.73. The molecule has 21 heavy (non-hydrogen) atoms. The molecule has 0 aliphatic carbocycles. The topological polar surface area (TPSA) is 48.3 Å². The average molecular weight is 306 g/mol. The summed E-state index contributed by atoms with van der Waals surface area (Å²) >= 11 is 5.45. The van der Waals surface area contributed by atoms with Crippen molar-refractivity contribution < 1.29 is 9.53 Å². The molecule has 0 amide bonds. The van der Waals surface area contributed by atoms with Gasteiger partial charge in [-0.25, -0.2) is 0 Å². The number of halogens is 1. The number of pyridine rings is 1. The Kier molecular flexibility index (Phi) is 4.94. The highest BCUT2D eigenvalue weighted by atomic mass is 35.5. The van der Waals surface area contributed by atoms with Gasteiger partial charge in [-0.3, -0.25) is 9.59 Å². The number of aryl methyl sites for hydroxylation is 1. The van der Waals surface area contributed by atoms with Crippen molar-refractivity contribution in [1.29, 1.82) is 0 Å². The van der Waals surface area contributed by atoms with Gasteiger partial charge in [-0.2, -0.15) is 0 Å². The minimum Gasteiger partial charge on any atom is -0.383 e. The number of methoxy groups -OCH3 is 1. The number of benzene rings is 1. The first-order valence-electron chi connectivity index (χ1n) is 6.54.